The molecule has 1 aliphatic rings. The van der Waals surface area contributed by atoms with Crippen molar-refractivity contribution in [2.75, 3.05) is 18.0 Å². The molecule has 0 saturated carbocycles. The number of para-hydroxylation sites is 1. The van der Waals surface area contributed by atoms with E-state index in [1.807, 2.05) is 0 Å². The van der Waals surface area contributed by atoms with Gasteiger partial charge >= 0.3 is 11.8 Å². The van der Waals surface area contributed by atoms with E-state index < -0.39 is 36.1 Å². The molecule has 0 spiro atoms. The number of hydrogen-bond acceptors (Lipinski definition) is 6. The SMILES string of the molecule is N=CCC(=Nc1ccccc1)c1nn(-c2ccc(N3CC(F)(F)C(F)(F)C3)cc2O)ccc1=O. The van der Waals surface area contributed by atoms with Crippen LogP contribution in [-0.4, -0.2) is 51.7 Å². The minimum absolute atomic E-state index is 0.00509. The normalized spacial score (nSPS) is 17.1. The van der Waals surface area contributed by atoms with Gasteiger partial charge in [0, 0.05) is 36.7 Å². The van der Waals surface area contributed by atoms with Gasteiger partial charge in [-0.05, 0) is 24.3 Å². The number of nitrogens with zero attached hydrogens (tertiary/aromatic N) is 4. The van der Waals surface area contributed by atoms with Crippen LogP contribution >= 0.6 is 0 Å². The zero-order chi connectivity index (χ0) is 24.5. The Kier molecular flexibility index (Phi) is 5.94. The summed E-state index contributed by atoms with van der Waals surface area (Å²) in [6.45, 7) is -2.36. The van der Waals surface area contributed by atoms with Gasteiger partial charge in [0.15, 0.2) is 5.69 Å². The zero-order valence-corrected chi connectivity index (χ0v) is 17.6. The molecule has 0 radical (unpaired) electrons. The van der Waals surface area contributed by atoms with E-state index in [0.29, 0.717) is 5.69 Å². The fourth-order valence-corrected chi connectivity index (χ4v) is 3.54. The van der Waals surface area contributed by atoms with E-state index in [0.717, 1.165) is 17.2 Å². The number of phenolic OH excluding ortho intramolecular Hbond substituents is 1. The van der Waals surface area contributed by atoms with Crippen LogP contribution in [0.25, 0.3) is 5.69 Å². The van der Waals surface area contributed by atoms with Crippen LogP contribution in [0.3, 0.4) is 0 Å². The van der Waals surface area contributed by atoms with Gasteiger partial charge in [0.25, 0.3) is 0 Å². The lowest BCUT2D eigenvalue weighted by molar-refractivity contribution is -0.172. The maximum atomic E-state index is 13.6. The Labute approximate surface area is 191 Å². The molecule has 2 heterocycles. The summed E-state index contributed by atoms with van der Waals surface area (Å²) in [7, 11) is 0. The Balaban J connectivity index is 1.70. The van der Waals surface area contributed by atoms with Gasteiger partial charge in [0.05, 0.1) is 24.5 Å². The standard InChI is InChI=1S/C23H19F4N5O2/c24-22(25)13-31(14-23(22,26)27)16-6-7-18(20(34)12-16)32-11-9-19(33)21(30-32)17(8-10-28)29-15-4-2-1-3-5-15/h1-7,9-12,28,34H,8,13-14H2. The molecule has 176 valence electrons. The van der Waals surface area contributed by atoms with E-state index in [4.69, 9.17) is 5.41 Å². The summed E-state index contributed by atoms with van der Waals surface area (Å²) in [6, 6.07) is 13.7. The fraction of sp³-hybridized carbons (Fsp3) is 0.217. The Morgan fingerprint density at radius 1 is 1.09 bits per heavy atom. The first-order chi connectivity index (χ1) is 16.1. The summed E-state index contributed by atoms with van der Waals surface area (Å²) in [4.78, 5) is 17.7. The number of alkyl halides is 4. The number of nitrogens with one attached hydrogen (secondary N) is 1. The second kappa shape index (κ2) is 8.73. The number of benzene rings is 2. The maximum Gasteiger partial charge on any atom is 0.329 e. The number of phenols is 1. The first kappa shape index (κ1) is 23.1. The number of aromatic hydroxyl groups is 1. The monoisotopic (exact) mass is 473 g/mol. The minimum atomic E-state index is -4.18. The summed E-state index contributed by atoms with van der Waals surface area (Å²) in [5.74, 6) is -8.77. The molecule has 0 bridgehead atoms. The van der Waals surface area contributed by atoms with Gasteiger partial charge in [-0.2, -0.15) is 22.7 Å². The molecule has 1 aromatic heterocycles. The average Bonchev–Trinajstić information content (AvgIpc) is 3.01. The third-order valence-corrected chi connectivity index (χ3v) is 5.28. The fourth-order valence-electron chi connectivity index (χ4n) is 3.54. The molecule has 2 aromatic carbocycles. The molecular formula is C23H19F4N5O2. The Hall–Kier alpha value is -4.02. The number of rotatable bonds is 6. The van der Waals surface area contributed by atoms with Crippen molar-refractivity contribution in [1.82, 2.24) is 9.78 Å². The van der Waals surface area contributed by atoms with Gasteiger partial charge < -0.3 is 15.4 Å². The van der Waals surface area contributed by atoms with Crippen molar-refractivity contribution >= 4 is 23.3 Å². The molecule has 0 unspecified atom stereocenters. The summed E-state index contributed by atoms with van der Waals surface area (Å²) >= 11 is 0. The van der Waals surface area contributed by atoms with Gasteiger partial charge in [-0.1, -0.05) is 18.2 Å². The van der Waals surface area contributed by atoms with Gasteiger partial charge in [-0.3, -0.25) is 9.79 Å². The maximum absolute atomic E-state index is 13.6. The van der Waals surface area contributed by atoms with Crippen LogP contribution < -0.4 is 10.3 Å². The second-order valence-corrected chi connectivity index (χ2v) is 7.71. The molecule has 7 nitrogen and oxygen atoms in total. The number of anilines is 1. The van der Waals surface area contributed by atoms with E-state index in [2.05, 4.69) is 10.1 Å². The van der Waals surface area contributed by atoms with Gasteiger partial charge in [0.1, 0.15) is 11.4 Å². The average molecular weight is 473 g/mol. The molecule has 34 heavy (non-hydrogen) atoms. The molecule has 3 aromatic rings. The number of hydrogen-bond donors (Lipinski definition) is 2. The smallest absolute Gasteiger partial charge is 0.329 e. The molecule has 4 rings (SSSR count). The molecule has 0 aliphatic carbocycles. The van der Waals surface area contributed by atoms with Crippen LogP contribution in [0.4, 0.5) is 28.9 Å². The number of halogens is 4. The quantitative estimate of drug-likeness (QED) is 0.415. The van der Waals surface area contributed by atoms with Crippen molar-refractivity contribution in [1.29, 1.82) is 5.41 Å². The summed E-state index contributed by atoms with van der Waals surface area (Å²) in [5.41, 5.74) is 0.384. The lowest BCUT2D eigenvalue weighted by atomic mass is 10.2. The highest BCUT2D eigenvalue weighted by molar-refractivity contribution is 6.06. The van der Waals surface area contributed by atoms with E-state index >= 15 is 0 Å². The third-order valence-electron chi connectivity index (χ3n) is 5.28. The van der Waals surface area contributed by atoms with Crippen molar-refractivity contribution in [3.05, 3.63) is 76.7 Å². The summed E-state index contributed by atoms with van der Waals surface area (Å²) in [6.07, 6.45) is 2.40. The van der Waals surface area contributed by atoms with Crippen LogP contribution in [0.1, 0.15) is 12.1 Å². The van der Waals surface area contributed by atoms with Crippen LogP contribution in [0.15, 0.2) is 70.6 Å². The molecule has 1 saturated heterocycles. The highest BCUT2D eigenvalue weighted by atomic mass is 19.3. The van der Waals surface area contributed by atoms with Crippen molar-refractivity contribution < 1.29 is 22.7 Å². The summed E-state index contributed by atoms with van der Waals surface area (Å²) in [5, 5.41) is 22.2. The Morgan fingerprint density at radius 2 is 1.76 bits per heavy atom. The predicted octanol–water partition coefficient (Wildman–Crippen LogP) is 4.19. The van der Waals surface area contributed by atoms with Gasteiger partial charge in [0.2, 0.25) is 5.43 Å². The molecule has 11 heteroatoms. The third kappa shape index (κ3) is 4.41. The molecule has 1 fully saturated rings. The van der Waals surface area contributed by atoms with Crippen molar-refractivity contribution in [3.63, 3.8) is 0 Å². The molecule has 0 atom stereocenters. The van der Waals surface area contributed by atoms with Gasteiger partial charge in [-0.15, -0.1) is 0 Å². The van der Waals surface area contributed by atoms with Crippen LogP contribution in [0.2, 0.25) is 0 Å². The Morgan fingerprint density at radius 3 is 2.38 bits per heavy atom. The molecule has 0 amide bonds. The topological polar surface area (TPSA) is 94.6 Å². The van der Waals surface area contributed by atoms with Crippen molar-refractivity contribution in [2.45, 2.75) is 18.3 Å². The molecular weight excluding hydrogens is 454 g/mol. The second-order valence-electron chi connectivity index (χ2n) is 7.71. The molecule has 2 N–H and O–H groups in total. The zero-order valence-electron chi connectivity index (χ0n) is 17.6. The van der Waals surface area contributed by atoms with E-state index in [1.165, 1.54) is 29.1 Å². The van der Waals surface area contributed by atoms with Crippen molar-refractivity contribution in [2.24, 2.45) is 4.99 Å². The van der Waals surface area contributed by atoms with Crippen LogP contribution in [0.5, 0.6) is 5.75 Å². The van der Waals surface area contributed by atoms with E-state index in [-0.39, 0.29) is 29.2 Å². The number of aliphatic imine (C=N–C) groups is 1. The van der Waals surface area contributed by atoms with E-state index in [1.54, 1.807) is 30.3 Å². The Bertz CT molecular complexity index is 1290. The number of aromatic nitrogens is 2. The first-order valence-corrected chi connectivity index (χ1v) is 10.2. The largest absolute Gasteiger partial charge is 0.506 e. The molecule has 1 aliphatic heterocycles. The van der Waals surface area contributed by atoms with Crippen LogP contribution in [0, 0.1) is 5.41 Å². The van der Waals surface area contributed by atoms with E-state index in [9.17, 15) is 27.5 Å². The highest BCUT2D eigenvalue weighted by Crippen LogP contribution is 2.43. The highest BCUT2D eigenvalue weighted by Gasteiger charge is 2.63. The first-order valence-electron chi connectivity index (χ1n) is 10.2. The summed E-state index contributed by atoms with van der Waals surface area (Å²) < 4.78 is 55.4. The lowest BCUT2D eigenvalue weighted by Gasteiger charge is -2.18. The lowest BCUT2D eigenvalue weighted by Crippen LogP contribution is -2.38. The predicted molar refractivity (Wildman–Crippen MR) is 120 cm³/mol. The van der Waals surface area contributed by atoms with Crippen molar-refractivity contribution in [3.8, 4) is 11.4 Å². The van der Waals surface area contributed by atoms with Gasteiger partial charge in [-0.25, -0.2) is 4.68 Å². The minimum Gasteiger partial charge on any atom is -0.506 e. The van der Waals surface area contributed by atoms with Crippen LogP contribution in [-0.2, 0) is 0 Å².